The van der Waals surface area contributed by atoms with Crippen LogP contribution < -0.4 is 5.32 Å². The third-order valence-electron chi connectivity index (χ3n) is 3.61. The average molecular weight is 309 g/mol. The standard InChI is InChI=1S/C15H23N3O4/c1-15(2,3)14-17-11(22-18-14)6-4-5-10(19)16-12(13(20)21)9-7-8-9/h9,12H,4-8H2,1-3H3,(H,16,19)(H,20,21). The van der Waals surface area contributed by atoms with Gasteiger partial charge in [0.25, 0.3) is 0 Å². The fourth-order valence-electron chi connectivity index (χ4n) is 2.12. The molecule has 1 aliphatic carbocycles. The Morgan fingerprint density at radius 3 is 2.59 bits per heavy atom. The zero-order valence-corrected chi connectivity index (χ0v) is 13.3. The summed E-state index contributed by atoms with van der Waals surface area (Å²) in [6.07, 6.45) is 3.06. The lowest BCUT2D eigenvalue weighted by molar-refractivity contribution is -0.142. The van der Waals surface area contributed by atoms with Gasteiger partial charge in [-0.15, -0.1) is 0 Å². The number of rotatable bonds is 7. The Morgan fingerprint density at radius 1 is 1.41 bits per heavy atom. The first-order chi connectivity index (χ1) is 10.3. The lowest BCUT2D eigenvalue weighted by Gasteiger charge is -2.13. The highest BCUT2D eigenvalue weighted by atomic mass is 16.5. The number of hydrogen-bond donors (Lipinski definition) is 2. The fourth-order valence-corrected chi connectivity index (χ4v) is 2.12. The number of aryl methyl sites for hydroxylation is 1. The predicted octanol–water partition coefficient (Wildman–Crippen LogP) is 1.67. The van der Waals surface area contributed by atoms with Crippen LogP contribution in [0, 0.1) is 5.92 Å². The highest BCUT2D eigenvalue weighted by molar-refractivity contribution is 5.83. The smallest absolute Gasteiger partial charge is 0.326 e. The zero-order chi connectivity index (χ0) is 16.3. The summed E-state index contributed by atoms with van der Waals surface area (Å²) in [5.41, 5.74) is -0.169. The topological polar surface area (TPSA) is 105 Å². The monoisotopic (exact) mass is 309 g/mol. The molecule has 1 aromatic heterocycles. The van der Waals surface area contributed by atoms with Gasteiger partial charge < -0.3 is 14.9 Å². The molecule has 0 saturated heterocycles. The van der Waals surface area contributed by atoms with Crippen LogP contribution in [-0.2, 0) is 21.4 Å². The summed E-state index contributed by atoms with van der Waals surface area (Å²) in [7, 11) is 0. The Bertz CT molecular complexity index is 543. The number of amides is 1. The Hall–Kier alpha value is -1.92. The van der Waals surface area contributed by atoms with Crippen molar-refractivity contribution in [2.45, 2.75) is 64.3 Å². The van der Waals surface area contributed by atoms with Crippen LogP contribution in [0.5, 0.6) is 0 Å². The number of carboxylic acids is 1. The number of carbonyl (C=O) groups is 2. The van der Waals surface area contributed by atoms with Gasteiger partial charge in [-0.1, -0.05) is 25.9 Å². The van der Waals surface area contributed by atoms with E-state index in [1.165, 1.54) is 0 Å². The molecule has 7 nitrogen and oxygen atoms in total. The molecule has 0 bridgehead atoms. The number of nitrogens with zero attached hydrogens (tertiary/aromatic N) is 2. The van der Waals surface area contributed by atoms with Crippen LogP contribution in [0.25, 0.3) is 0 Å². The summed E-state index contributed by atoms with van der Waals surface area (Å²) in [5, 5.41) is 15.6. The molecule has 22 heavy (non-hydrogen) atoms. The number of carboxylic acid groups (broad SMARTS) is 1. The minimum atomic E-state index is -0.956. The molecule has 1 amide bonds. The van der Waals surface area contributed by atoms with Crippen LogP contribution in [0.4, 0.5) is 0 Å². The summed E-state index contributed by atoms with van der Waals surface area (Å²) < 4.78 is 5.15. The number of aromatic nitrogens is 2. The summed E-state index contributed by atoms with van der Waals surface area (Å²) in [6.45, 7) is 6.00. The summed E-state index contributed by atoms with van der Waals surface area (Å²) in [6, 6.07) is -0.747. The molecule has 7 heteroatoms. The Kier molecular flexibility index (Phi) is 4.83. The fraction of sp³-hybridized carbons (Fsp3) is 0.733. The van der Waals surface area contributed by atoms with Crippen molar-refractivity contribution in [3.8, 4) is 0 Å². The molecule has 0 aromatic carbocycles. The SMILES string of the molecule is CC(C)(C)c1noc(CCCC(=O)NC(C(=O)O)C2CC2)n1. The van der Waals surface area contributed by atoms with Gasteiger partial charge in [0.05, 0.1) is 0 Å². The average Bonchev–Trinajstić information content (AvgIpc) is 3.12. The van der Waals surface area contributed by atoms with Crippen LogP contribution in [-0.4, -0.2) is 33.2 Å². The normalized spacial score (nSPS) is 16.3. The first-order valence-electron chi connectivity index (χ1n) is 7.62. The largest absolute Gasteiger partial charge is 0.480 e. The Morgan fingerprint density at radius 2 is 2.09 bits per heavy atom. The van der Waals surface area contributed by atoms with Crippen LogP contribution in [0.2, 0.25) is 0 Å². The second-order valence-corrected chi connectivity index (χ2v) is 6.84. The maximum absolute atomic E-state index is 11.8. The van der Waals surface area contributed by atoms with E-state index < -0.39 is 12.0 Å². The lowest BCUT2D eigenvalue weighted by atomic mass is 9.96. The van der Waals surface area contributed by atoms with Crippen molar-refractivity contribution in [2.24, 2.45) is 5.92 Å². The molecule has 2 N–H and O–H groups in total. The van der Waals surface area contributed by atoms with Crippen molar-refractivity contribution < 1.29 is 19.2 Å². The van der Waals surface area contributed by atoms with E-state index in [1.807, 2.05) is 20.8 Å². The van der Waals surface area contributed by atoms with E-state index in [0.29, 0.717) is 24.6 Å². The van der Waals surface area contributed by atoms with E-state index >= 15 is 0 Å². The number of aliphatic carboxylic acids is 1. The molecular formula is C15H23N3O4. The van der Waals surface area contributed by atoms with Gasteiger partial charge in [0.2, 0.25) is 11.8 Å². The van der Waals surface area contributed by atoms with Crippen molar-refractivity contribution in [1.82, 2.24) is 15.5 Å². The van der Waals surface area contributed by atoms with Crippen molar-refractivity contribution in [3.05, 3.63) is 11.7 Å². The van der Waals surface area contributed by atoms with Crippen LogP contribution in [0.1, 0.15) is 58.2 Å². The minimum absolute atomic E-state index is 0.0896. The van der Waals surface area contributed by atoms with E-state index in [2.05, 4.69) is 15.5 Å². The van der Waals surface area contributed by atoms with E-state index in [9.17, 15) is 9.59 Å². The van der Waals surface area contributed by atoms with Gasteiger partial charge in [-0.05, 0) is 25.2 Å². The molecular weight excluding hydrogens is 286 g/mol. The second kappa shape index (κ2) is 6.46. The molecule has 1 unspecified atom stereocenters. The van der Waals surface area contributed by atoms with Gasteiger partial charge in [0, 0.05) is 18.3 Å². The molecule has 1 fully saturated rings. The van der Waals surface area contributed by atoms with Gasteiger partial charge in [-0.3, -0.25) is 4.79 Å². The van der Waals surface area contributed by atoms with Crippen molar-refractivity contribution in [3.63, 3.8) is 0 Å². The van der Waals surface area contributed by atoms with E-state index in [0.717, 1.165) is 12.8 Å². The van der Waals surface area contributed by atoms with Gasteiger partial charge >= 0.3 is 5.97 Å². The van der Waals surface area contributed by atoms with Gasteiger partial charge in [0.1, 0.15) is 6.04 Å². The van der Waals surface area contributed by atoms with Crippen molar-refractivity contribution in [1.29, 1.82) is 0 Å². The molecule has 1 aromatic rings. The maximum atomic E-state index is 11.8. The maximum Gasteiger partial charge on any atom is 0.326 e. The molecule has 0 spiro atoms. The van der Waals surface area contributed by atoms with Gasteiger partial charge in [-0.2, -0.15) is 4.98 Å². The molecule has 1 heterocycles. The van der Waals surface area contributed by atoms with Crippen molar-refractivity contribution >= 4 is 11.9 Å². The number of nitrogens with one attached hydrogen (secondary N) is 1. The molecule has 0 aliphatic heterocycles. The number of hydrogen-bond acceptors (Lipinski definition) is 5. The number of carbonyl (C=O) groups excluding carboxylic acids is 1. The van der Waals surface area contributed by atoms with Crippen LogP contribution in [0.3, 0.4) is 0 Å². The zero-order valence-electron chi connectivity index (χ0n) is 13.3. The highest BCUT2D eigenvalue weighted by Gasteiger charge is 2.37. The van der Waals surface area contributed by atoms with Crippen LogP contribution >= 0.6 is 0 Å². The quantitative estimate of drug-likeness (QED) is 0.793. The second-order valence-electron chi connectivity index (χ2n) is 6.84. The summed E-state index contributed by atoms with van der Waals surface area (Å²) in [5.74, 6) is 0.0468. The highest BCUT2D eigenvalue weighted by Crippen LogP contribution is 2.32. The summed E-state index contributed by atoms with van der Waals surface area (Å²) >= 11 is 0. The van der Waals surface area contributed by atoms with E-state index in [4.69, 9.17) is 9.63 Å². The molecule has 1 saturated carbocycles. The molecule has 2 rings (SSSR count). The Balaban J connectivity index is 1.75. The third kappa shape index (κ3) is 4.54. The van der Waals surface area contributed by atoms with Crippen LogP contribution in [0.15, 0.2) is 4.52 Å². The first kappa shape index (κ1) is 16.5. The summed E-state index contributed by atoms with van der Waals surface area (Å²) in [4.78, 5) is 27.2. The molecule has 1 aliphatic rings. The lowest BCUT2D eigenvalue weighted by Crippen LogP contribution is -2.42. The third-order valence-corrected chi connectivity index (χ3v) is 3.61. The van der Waals surface area contributed by atoms with E-state index in [-0.39, 0.29) is 23.7 Å². The molecule has 0 radical (unpaired) electrons. The minimum Gasteiger partial charge on any atom is -0.480 e. The Labute approximate surface area is 129 Å². The molecule has 1 atom stereocenters. The predicted molar refractivity (Wildman–Crippen MR) is 78.2 cm³/mol. The first-order valence-corrected chi connectivity index (χ1v) is 7.62. The van der Waals surface area contributed by atoms with Gasteiger partial charge in [-0.25, -0.2) is 4.79 Å². The van der Waals surface area contributed by atoms with Gasteiger partial charge in [0.15, 0.2) is 5.82 Å². The van der Waals surface area contributed by atoms with Crippen molar-refractivity contribution in [2.75, 3.05) is 0 Å². The molecule has 122 valence electrons. The van der Waals surface area contributed by atoms with E-state index in [1.54, 1.807) is 0 Å².